The van der Waals surface area contributed by atoms with Crippen molar-refractivity contribution in [1.82, 2.24) is 15.1 Å². The summed E-state index contributed by atoms with van der Waals surface area (Å²) in [4.78, 5) is 14.0. The van der Waals surface area contributed by atoms with Gasteiger partial charge in [-0.1, -0.05) is 11.6 Å². The van der Waals surface area contributed by atoms with E-state index in [-0.39, 0.29) is 12.1 Å². The molecule has 0 radical (unpaired) electrons. The minimum absolute atomic E-state index is 0.0129. The molecule has 1 aromatic rings. The molecule has 1 aliphatic rings. The maximum Gasteiger partial charge on any atom is 0.410 e. The second-order valence-electron chi connectivity index (χ2n) is 6.33. The lowest BCUT2D eigenvalue weighted by molar-refractivity contribution is 0.00330. The van der Waals surface area contributed by atoms with Crippen molar-refractivity contribution in [2.75, 3.05) is 13.2 Å². The first kappa shape index (κ1) is 16.8. The third-order valence-corrected chi connectivity index (χ3v) is 3.49. The van der Waals surface area contributed by atoms with Gasteiger partial charge in [0.15, 0.2) is 5.15 Å². The molecular formula is C15H22ClN3O3. The summed E-state index contributed by atoms with van der Waals surface area (Å²) in [5, 5.41) is 7.90. The fourth-order valence-corrected chi connectivity index (χ4v) is 2.40. The van der Waals surface area contributed by atoms with Crippen LogP contribution >= 0.6 is 11.6 Å². The van der Waals surface area contributed by atoms with Gasteiger partial charge in [-0.2, -0.15) is 0 Å². The number of carbonyl (C=O) groups is 1. The maximum atomic E-state index is 12.3. The zero-order chi connectivity index (χ0) is 16.2. The van der Waals surface area contributed by atoms with Crippen molar-refractivity contribution in [2.24, 2.45) is 0 Å². The second kappa shape index (κ2) is 7.13. The normalized spacial score (nSPS) is 18.9. The van der Waals surface area contributed by atoms with Gasteiger partial charge in [-0.15, -0.1) is 10.2 Å². The Labute approximate surface area is 135 Å². The van der Waals surface area contributed by atoms with Crippen molar-refractivity contribution in [3.05, 3.63) is 17.3 Å². The number of hydrogen-bond donors (Lipinski definition) is 0. The quantitative estimate of drug-likeness (QED) is 0.852. The molecule has 7 heteroatoms. The van der Waals surface area contributed by atoms with Crippen molar-refractivity contribution in [3.8, 4) is 5.88 Å². The van der Waals surface area contributed by atoms with Crippen molar-refractivity contribution in [2.45, 2.75) is 51.7 Å². The Morgan fingerprint density at radius 2 is 2.14 bits per heavy atom. The lowest BCUT2D eigenvalue weighted by Crippen LogP contribution is -2.48. The lowest BCUT2D eigenvalue weighted by atomic mass is 10.0. The van der Waals surface area contributed by atoms with E-state index in [0.717, 1.165) is 19.3 Å². The van der Waals surface area contributed by atoms with Crippen LogP contribution in [-0.4, -0.2) is 46.0 Å². The number of carbonyl (C=O) groups excluding carboxylic acids is 1. The number of aromatic nitrogens is 2. The van der Waals surface area contributed by atoms with Crippen LogP contribution in [0.2, 0.25) is 5.15 Å². The third-order valence-electron chi connectivity index (χ3n) is 3.29. The summed E-state index contributed by atoms with van der Waals surface area (Å²) in [6.45, 7) is 6.65. The molecule has 1 fully saturated rings. The first-order valence-corrected chi connectivity index (χ1v) is 7.84. The van der Waals surface area contributed by atoms with Gasteiger partial charge < -0.3 is 14.4 Å². The summed E-state index contributed by atoms with van der Waals surface area (Å²) in [5.41, 5.74) is -0.498. The Morgan fingerprint density at radius 1 is 1.36 bits per heavy atom. The number of rotatable bonds is 3. The fourth-order valence-electron chi connectivity index (χ4n) is 2.30. The van der Waals surface area contributed by atoms with Crippen LogP contribution in [0.3, 0.4) is 0 Å². The van der Waals surface area contributed by atoms with Crippen LogP contribution < -0.4 is 4.74 Å². The lowest BCUT2D eigenvalue weighted by Gasteiger charge is -2.36. The number of hydrogen-bond acceptors (Lipinski definition) is 5. The zero-order valence-corrected chi connectivity index (χ0v) is 14.0. The average Bonchev–Trinajstić information content (AvgIpc) is 2.45. The van der Waals surface area contributed by atoms with Gasteiger partial charge in [0.05, 0.1) is 6.04 Å². The highest BCUT2D eigenvalue weighted by atomic mass is 35.5. The molecule has 0 N–H and O–H groups in total. The number of halogens is 1. The molecular weight excluding hydrogens is 306 g/mol. The van der Waals surface area contributed by atoms with E-state index in [0.29, 0.717) is 24.2 Å². The first-order chi connectivity index (χ1) is 10.3. The molecule has 1 aromatic heterocycles. The molecule has 0 bridgehead atoms. The van der Waals surface area contributed by atoms with Gasteiger partial charge in [0.1, 0.15) is 12.2 Å². The predicted molar refractivity (Wildman–Crippen MR) is 83.1 cm³/mol. The largest absolute Gasteiger partial charge is 0.474 e. The van der Waals surface area contributed by atoms with Crippen molar-refractivity contribution >= 4 is 17.7 Å². The molecule has 1 atom stereocenters. The second-order valence-corrected chi connectivity index (χ2v) is 6.72. The zero-order valence-electron chi connectivity index (χ0n) is 13.2. The molecule has 6 nitrogen and oxygen atoms in total. The topological polar surface area (TPSA) is 64.5 Å². The van der Waals surface area contributed by atoms with Gasteiger partial charge in [0, 0.05) is 12.6 Å². The van der Waals surface area contributed by atoms with Crippen LogP contribution in [0.25, 0.3) is 0 Å². The summed E-state index contributed by atoms with van der Waals surface area (Å²) in [6.07, 6.45) is 2.65. The van der Waals surface area contributed by atoms with E-state index in [2.05, 4.69) is 10.2 Å². The van der Waals surface area contributed by atoms with Crippen molar-refractivity contribution < 1.29 is 14.3 Å². The Balaban J connectivity index is 1.94. The molecule has 1 amide bonds. The summed E-state index contributed by atoms with van der Waals surface area (Å²) < 4.78 is 11.1. The Bertz CT molecular complexity index is 502. The Kier molecular flexibility index (Phi) is 5.45. The molecule has 1 saturated heterocycles. The van der Waals surface area contributed by atoms with Crippen LogP contribution in [0, 0.1) is 0 Å². The van der Waals surface area contributed by atoms with Gasteiger partial charge in [-0.25, -0.2) is 4.79 Å². The first-order valence-electron chi connectivity index (χ1n) is 7.47. The molecule has 0 aromatic carbocycles. The van der Waals surface area contributed by atoms with E-state index in [4.69, 9.17) is 21.1 Å². The highest BCUT2D eigenvalue weighted by molar-refractivity contribution is 6.29. The van der Waals surface area contributed by atoms with Gasteiger partial charge in [0.25, 0.3) is 0 Å². The Morgan fingerprint density at radius 3 is 2.77 bits per heavy atom. The van der Waals surface area contributed by atoms with Crippen LogP contribution in [0.15, 0.2) is 12.1 Å². The smallest absolute Gasteiger partial charge is 0.410 e. The monoisotopic (exact) mass is 327 g/mol. The van der Waals surface area contributed by atoms with Crippen molar-refractivity contribution in [1.29, 1.82) is 0 Å². The summed E-state index contributed by atoms with van der Waals surface area (Å²) in [7, 11) is 0. The molecule has 122 valence electrons. The fraction of sp³-hybridized carbons (Fsp3) is 0.667. The molecule has 1 unspecified atom stereocenters. The number of piperidine rings is 1. The summed E-state index contributed by atoms with van der Waals surface area (Å²) >= 11 is 5.69. The summed E-state index contributed by atoms with van der Waals surface area (Å²) in [6, 6.07) is 3.27. The highest BCUT2D eigenvalue weighted by Gasteiger charge is 2.30. The molecule has 0 spiro atoms. The molecule has 0 saturated carbocycles. The van der Waals surface area contributed by atoms with Crippen LogP contribution in [0.1, 0.15) is 40.0 Å². The number of nitrogens with zero attached hydrogens (tertiary/aromatic N) is 3. The third kappa shape index (κ3) is 5.02. The molecule has 1 aliphatic heterocycles. The van der Waals surface area contributed by atoms with Crippen LogP contribution in [-0.2, 0) is 4.74 Å². The van der Waals surface area contributed by atoms with Gasteiger partial charge in [-0.3, -0.25) is 0 Å². The number of ether oxygens (including phenoxy) is 2. The van der Waals surface area contributed by atoms with E-state index < -0.39 is 5.60 Å². The van der Waals surface area contributed by atoms with Gasteiger partial charge >= 0.3 is 6.09 Å². The summed E-state index contributed by atoms with van der Waals surface area (Å²) in [5.74, 6) is 0.402. The highest BCUT2D eigenvalue weighted by Crippen LogP contribution is 2.21. The standard InChI is InChI=1S/C15H22ClN3O3/c1-15(2,3)22-14(20)19-9-5-4-6-11(19)10-21-13-8-7-12(16)17-18-13/h7-8,11H,4-6,9-10H2,1-3H3. The van der Waals surface area contributed by atoms with Gasteiger partial charge in [0.2, 0.25) is 5.88 Å². The van der Waals surface area contributed by atoms with E-state index in [1.54, 1.807) is 17.0 Å². The minimum atomic E-state index is -0.498. The number of likely N-dealkylation sites (tertiary alicyclic amines) is 1. The SMILES string of the molecule is CC(C)(C)OC(=O)N1CCCCC1COc1ccc(Cl)nn1. The van der Waals surface area contributed by atoms with Crippen molar-refractivity contribution in [3.63, 3.8) is 0 Å². The molecule has 2 heterocycles. The average molecular weight is 328 g/mol. The minimum Gasteiger partial charge on any atom is -0.474 e. The van der Waals surface area contributed by atoms with E-state index in [9.17, 15) is 4.79 Å². The van der Waals surface area contributed by atoms with Crippen LogP contribution in [0.5, 0.6) is 5.88 Å². The maximum absolute atomic E-state index is 12.3. The van der Waals surface area contributed by atoms with Gasteiger partial charge in [-0.05, 0) is 46.1 Å². The number of amides is 1. The molecule has 0 aliphatic carbocycles. The van der Waals surface area contributed by atoms with Crippen LogP contribution in [0.4, 0.5) is 4.79 Å². The molecule has 22 heavy (non-hydrogen) atoms. The predicted octanol–water partition coefficient (Wildman–Crippen LogP) is 3.30. The van der Waals surface area contributed by atoms with E-state index >= 15 is 0 Å². The van der Waals surface area contributed by atoms with E-state index in [1.807, 2.05) is 20.8 Å². The molecule has 2 rings (SSSR count). The Hall–Kier alpha value is -1.56. The van der Waals surface area contributed by atoms with E-state index in [1.165, 1.54) is 0 Å².